The maximum atomic E-state index is 12.5. The van der Waals surface area contributed by atoms with E-state index in [1.807, 2.05) is 6.08 Å². The molecule has 0 aromatic rings. The van der Waals surface area contributed by atoms with E-state index in [-0.39, 0.29) is 18.8 Å². The van der Waals surface area contributed by atoms with E-state index in [9.17, 15) is 14.7 Å². The summed E-state index contributed by atoms with van der Waals surface area (Å²) in [6.45, 7) is 6.40. The first kappa shape index (κ1) is 16.9. The minimum absolute atomic E-state index is 0.0469. The van der Waals surface area contributed by atoms with Crippen LogP contribution < -0.4 is 0 Å². The van der Waals surface area contributed by atoms with Gasteiger partial charge in [-0.15, -0.1) is 0 Å². The van der Waals surface area contributed by atoms with Crippen LogP contribution >= 0.6 is 0 Å². The fraction of sp³-hybridized carbons (Fsp3) is 0.556. The molecule has 0 bridgehead atoms. The summed E-state index contributed by atoms with van der Waals surface area (Å²) in [7, 11) is 0. The van der Waals surface area contributed by atoms with Crippen LogP contribution in [0.2, 0.25) is 0 Å². The second-order valence-electron chi connectivity index (χ2n) is 6.67. The molecule has 3 atom stereocenters. The average molecular weight is 333 g/mol. The van der Waals surface area contributed by atoms with E-state index in [2.05, 4.69) is 4.90 Å². The molecule has 6 heteroatoms. The zero-order chi connectivity index (χ0) is 17.5. The Hall–Kier alpha value is -1.92. The van der Waals surface area contributed by atoms with Gasteiger partial charge in [-0.3, -0.25) is 4.90 Å². The molecule has 0 aromatic heterocycles. The summed E-state index contributed by atoms with van der Waals surface area (Å²) in [4.78, 5) is 27.0. The van der Waals surface area contributed by atoms with Crippen molar-refractivity contribution in [2.75, 3.05) is 19.7 Å². The predicted molar refractivity (Wildman–Crippen MR) is 87.0 cm³/mol. The highest BCUT2D eigenvalue weighted by atomic mass is 16.6. The number of cyclic esters (lactones) is 1. The molecule has 1 N–H and O–H groups in total. The number of esters is 2. The number of hydrogen-bond donors (Lipinski definition) is 1. The van der Waals surface area contributed by atoms with Crippen LogP contribution in [0, 0.1) is 0 Å². The van der Waals surface area contributed by atoms with Crippen molar-refractivity contribution < 1.29 is 24.2 Å². The van der Waals surface area contributed by atoms with Crippen LogP contribution in [0.1, 0.15) is 27.2 Å². The molecule has 0 radical (unpaired) electrons. The maximum Gasteiger partial charge on any atom is 0.342 e. The molecule has 6 nitrogen and oxygen atoms in total. The van der Waals surface area contributed by atoms with Gasteiger partial charge in [0.05, 0.1) is 11.6 Å². The van der Waals surface area contributed by atoms with Crippen molar-refractivity contribution in [1.82, 2.24) is 4.90 Å². The lowest BCUT2D eigenvalue weighted by Crippen LogP contribution is -2.41. The molecule has 1 saturated heterocycles. The molecule has 3 unspecified atom stereocenters. The van der Waals surface area contributed by atoms with Crippen molar-refractivity contribution in [3.63, 3.8) is 0 Å². The molecule has 0 aromatic carbocycles. The topological polar surface area (TPSA) is 76.1 Å². The quantitative estimate of drug-likeness (QED) is 0.407. The smallest absolute Gasteiger partial charge is 0.342 e. The van der Waals surface area contributed by atoms with E-state index >= 15 is 0 Å². The van der Waals surface area contributed by atoms with Crippen LogP contribution in [-0.4, -0.2) is 59.4 Å². The normalized spacial score (nSPS) is 38.4. The lowest BCUT2D eigenvalue weighted by molar-refractivity contribution is -0.159. The molecule has 130 valence electrons. The van der Waals surface area contributed by atoms with Gasteiger partial charge in [0, 0.05) is 13.1 Å². The number of aliphatic hydroxyl groups is 1. The lowest BCUT2D eigenvalue weighted by atomic mass is 9.94. The van der Waals surface area contributed by atoms with Crippen LogP contribution in [0.15, 0.2) is 34.9 Å². The second kappa shape index (κ2) is 6.18. The molecule has 0 aliphatic carbocycles. The lowest BCUT2D eigenvalue weighted by Gasteiger charge is -2.27. The second-order valence-corrected chi connectivity index (χ2v) is 6.67. The van der Waals surface area contributed by atoms with Crippen molar-refractivity contribution in [2.24, 2.45) is 0 Å². The first-order chi connectivity index (χ1) is 11.3. The van der Waals surface area contributed by atoms with Crippen LogP contribution in [0.4, 0.5) is 0 Å². The highest BCUT2D eigenvalue weighted by Gasteiger charge is 2.43. The molecule has 24 heavy (non-hydrogen) atoms. The third-order valence-electron chi connectivity index (χ3n) is 5.13. The summed E-state index contributed by atoms with van der Waals surface area (Å²) >= 11 is 0. The number of carbonyl (C=O) groups is 2. The Labute approximate surface area is 141 Å². The third kappa shape index (κ3) is 2.80. The van der Waals surface area contributed by atoms with Crippen molar-refractivity contribution in [3.8, 4) is 0 Å². The number of ether oxygens (including phenoxy) is 2. The van der Waals surface area contributed by atoms with Crippen molar-refractivity contribution in [1.29, 1.82) is 0 Å². The highest BCUT2D eigenvalue weighted by molar-refractivity contribution is 5.93. The van der Waals surface area contributed by atoms with Gasteiger partial charge in [-0.25, -0.2) is 9.59 Å². The maximum absolute atomic E-state index is 12.5. The summed E-state index contributed by atoms with van der Waals surface area (Å²) in [5, 5.41) is 10.5. The van der Waals surface area contributed by atoms with Crippen LogP contribution in [0.25, 0.3) is 0 Å². The van der Waals surface area contributed by atoms with Gasteiger partial charge in [0.25, 0.3) is 0 Å². The zero-order valence-corrected chi connectivity index (χ0v) is 14.2. The van der Waals surface area contributed by atoms with Gasteiger partial charge in [-0.2, -0.15) is 0 Å². The predicted octanol–water partition coefficient (Wildman–Crippen LogP) is 1.11. The van der Waals surface area contributed by atoms with Crippen LogP contribution in [0.3, 0.4) is 0 Å². The van der Waals surface area contributed by atoms with Gasteiger partial charge in [-0.05, 0) is 44.4 Å². The van der Waals surface area contributed by atoms with E-state index in [1.165, 1.54) is 13.0 Å². The molecule has 3 rings (SSSR count). The molecular weight excluding hydrogens is 310 g/mol. The Morgan fingerprint density at radius 2 is 2.17 bits per heavy atom. The summed E-state index contributed by atoms with van der Waals surface area (Å²) in [5.41, 5.74) is -0.202. The Morgan fingerprint density at radius 1 is 1.42 bits per heavy atom. The molecule has 0 spiro atoms. The van der Waals surface area contributed by atoms with E-state index < -0.39 is 17.5 Å². The number of carbonyl (C=O) groups excluding carboxylic acids is 2. The zero-order valence-electron chi connectivity index (χ0n) is 14.2. The molecular formula is C18H23NO5. The fourth-order valence-corrected chi connectivity index (χ4v) is 3.42. The van der Waals surface area contributed by atoms with Gasteiger partial charge in [0.2, 0.25) is 0 Å². The van der Waals surface area contributed by atoms with Gasteiger partial charge >= 0.3 is 11.9 Å². The van der Waals surface area contributed by atoms with Crippen LogP contribution in [0.5, 0.6) is 0 Å². The van der Waals surface area contributed by atoms with Crippen LogP contribution in [-0.2, 0) is 19.1 Å². The van der Waals surface area contributed by atoms with Crippen molar-refractivity contribution in [3.05, 3.63) is 34.9 Å². The standard InChI is InChI=1S/C18H23NO5/c1-4-12-9-11(2)18(3,22)17(21)23-10-13-5-7-19-8-6-14(15(13)19)24-16(12)20/h4-5,9,14-15,22H,6-8,10H2,1-3H3/b11-9+,12-4+. The minimum atomic E-state index is -1.79. The van der Waals surface area contributed by atoms with Gasteiger partial charge in [0.15, 0.2) is 5.60 Å². The van der Waals surface area contributed by atoms with Crippen molar-refractivity contribution in [2.45, 2.75) is 44.9 Å². The molecule has 0 saturated carbocycles. The fourth-order valence-electron chi connectivity index (χ4n) is 3.42. The van der Waals surface area contributed by atoms with Gasteiger partial charge < -0.3 is 14.6 Å². The molecule has 3 heterocycles. The van der Waals surface area contributed by atoms with E-state index in [4.69, 9.17) is 9.47 Å². The molecule has 1 fully saturated rings. The van der Waals surface area contributed by atoms with E-state index in [0.29, 0.717) is 11.1 Å². The first-order valence-electron chi connectivity index (χ1n) is 8.23. The Bertz CT molecular complexity index is 658. The first-order valence-corrected chi connectivity index (χ1v) is 8.23. The van der Waals surface area contributed by atoms with Gasteiger partial charge in [0.1, 0.15) is 12.7 Å². The molecule has 0 amide bonds. The monoisotopic (exact) mass is 333 g/mol. The summed E-state index contributed by atoms with van der Waals surface area (Å²) < 4.78 is 11.1. The Balaban J connectivity index is 1.98. The summed E-state index contributed by atoms with van der Waals surface area (Å²) in [6, 6.07) is -0.0469. The summed E-state index contributed by atoms with van der Waals surface area (Å²) in [6.07, 6.45) is 5.64. The molecule has 3 aliphatic heterocycles. The average Bonchev–Trinajstić information content (AvgIpc) is 3.12. The number of hydrogen-bond acceptors (Lipinski definition) is 6. The summed E-state index contributed by atoms with van der Waals surface area (Å²) in [5.74, 6) is -1.14. The largest absolute Gasteiger partial charge is 0.459 e. The highest BCUT2D eigenvalue weighted by Crippen LogP contribution is 2.33. The SMILES string of the molecule is C/C=C1\C=C(/C)C(C)(O)C(=O)OCC2=CCN3CCC(OC1=O)C23. The minimum Gasteiger partial charge on any atom is -0.459 e. The van der Waals surface area contributed by atoms with E-state index in [1.54, 1.807) is 19.9 Å². The molecule has 3 aliphatic rings. The number of allylic oxidation sites excluding steroid dienone is 1. The number of rotatable bonds is 0. The van der Waals surface area contributed by atoms with E-state index in [0.717, 1.165) is 25.1 Å². The number of nitrogens with zero attached hydrogens (tertiary/aromatic N) is 1. The van der Waals surface area contributed by atoms with Gasteiger partial charge in [-0.1, -0.05) is 12.2 Å². The Morgan fingerprint density at radius 3 is 2.88 bits per heavy atom. The third-order valence-corrected chi connectivity index (χ3v) is 5.13. The van der Waals surface area contributed by atoms with Crippen molar-refractivity contribution >= 4 is 11.9 Å². The Kier molecular flexibility index (Phi) is 4.36.